The van der Waals surface area contributed by atoms with Crippen LogP contribution in [0.25, 0.3) is 0 Å². The average molecular weight is 522 g/mol. The number of amides is 1. The van der Waals surface area contributed by atoms with Gasteiger partial charge in [0.05, 0.1) is 10.7 Å². The summed E-state index contributed by atoms with van der Waals surface area (Å²) in [5.74, 6) is -0.217. The van der Waals surface area contributed by atoms with E-state index in [2.05, 4.69) is 22.9 Å². The van der Waals surface area contributed by atoms with E-state index in [1.807, 2.05) is 0 Å². The minimum absolute atomic E-state index is 0.127. The highest BCUT2D eigenvalue weighted by molar-refractivity contribution is 7.80. The Morgan fingerprint density at radius 3 is 2.28 bits per heavy atom. The first-order valence-electron chi connectivity index (χ1n) is 9.52. The fraction of sp³-hybridized carbons (Fsp3) is 0.579. The number of hydrogen-bond donors (Lipinski definition) is 3. The Morgan fingerprint density at radius 2 is 1.66 bits per heavy atom. The lowest BCUT2D eigenvalue weighted by molar-refractivity contribution is -0.122. The predicted molar refractivity (Wildman–Crippen MR) is 131 cm³/mol. The van der Waals surface area contributed by atoms with Crippen LogP contribution in [0.5, 0.6) is 0 Å². The van der Waals surface area contributed by atoms with Crippen molar-refractivity contribution in [3.63, 3.8) is 0 Å². The molecule has 0 radical (unpaired) electrons. The van der Waals surface area contributed by atoms with Crippen molar-refractivity contribution in [1.29, 1.82) is 0 Å². The molecular weight excluding hydrogens is 496 g/mol. The number of hydrogen-bond acceptors (Lipinski definition) is 2. The minimum atomic E-state index is -1.81. The molecule has 0 spiro atoms. The molecule has 0 fully saturated rings. The molecule has 0 aromatic heterocycles. The van der Waals surface area contributed by atoms with Gasteiger partial charge in [-0.1, -0.05) is 103 Å². The molecule has 4 nitrogen and oxygen atoms in total. The van der Waals surface area contributed by atoms with E-state index in [-0.39, 0.29) is 11.0 Å². The highest BCUT2D eigenvalue weighted by Gasteiger charge is 2.34. The number of unbranched alkanes of at least 4 members (excludes halogenated alkanes) is 6. The van der Waals surface area contributed by atoms with Gasteiger partial charge in [-0.15, -0.1) is 0 Å². The van der Waals surface area contributed by atoms with Crippen LogP contribution in [-0.4, -0.2) is 21.0 Å². The van der Waals surface area contributed by atoms with Gasteiger partial charge < -0.3 is 16.0 Å². The normalized spacial score (nSPS) is 12.3. The molecule has 1 rings (SSSR count). The first-order chi connectivity index (χ1) is 13.6. The zero-order valence-electron chi connectivity index (χ0n) is 16.2. The quantitative estimate of drug-likeness (QED) is 0.124. The number of halogens is 5. The maximum atomic E-state index is 12.2. The Kier molecular flexibility index (Phi) is 13.0. The molecule has 1 aromatic rings. The Balaban J connectivity index is 2.50. The number of benzene rings is 1. The zero-order chi connectivity index (χ0) is 21.9. The van der Waals surface area contributed by atoms with Crippen molar-refractivity contribution in [2.75, 3.05) is 5.32 Å². The first-order valence-corrected chi connectivity index (χ1v) is 11.8. The summed E-state index contributed by atoms with van der Waals surface area (Å²) in [6.45, 7) is 2.18. The zero-order valence-corrected chi connectivity index (χ0v) is 20.8. The maximum Gasteiger partial charge on any atom is 0.228 e. The van der Waals surface area contributed by atoms with Crippen LogP contribution < -0.4 is 16.0 Å². The van der Waals surface area contributed by atoms with Crippen molar-refractivity contribution in [3.05, 3.63) is 28.2 Å². The number of thiocarbonyl (C=S) groups is 1. The second kappa shape index (κ2) is 14.0. The van der Waals surface area contributed by atoms with Gasteiger partial charge >= 0.3 is 0 Å². The number of carbonyl (C=O) groups excluding carboxylic acids is 1. The van der Waals surface area contributed by atoms with Crippen molar-refractivity contribution in [1.82, 2.24) is 10.6 Å². The van der Waals surface area contributed by atoms with Crippen LogP contribution in [0.15, 0.2) is 18.2 Å². The molecule has 29 heavy (non-hydrogen) atoms. The van der Waals surface area contributed by atoms with E-state index < -0.39 is 9.96 Å². The Labute approximate surface area is 203 Å². The maximum absolute atomic E-state index is 12.2. The molecule has 0 aliphatic heterocycles. The fourth-order valence-corrected chi connectivity index (χ4v) is 3.45. The van der Waals surface area contributed by atoms with Gasteiger partial charge in [-0.3, -0.25) is 4.79 Å². The van der Waals surface area contributed by atoms with Crippen molar-refractivity contribution in [3.8, 4) is 0 Å². The van der Waals surface area contributed by atoms with Gasteiger partial charge in [0.1, 0.15) is 6.17 Å². The summed E-state index contributed by atoms with van der Waals surface area (Å²) in [7, 11) is 0. The summed E-state index contributed by atoms with van der Waals surface area (Å²) in [5, 5.41) is 9.39. The van der Waals surface area contributed by atoms with Gasteiger partial charge in [-0.25, -0.2) is 0 Å². The first kappa shape index (κ1) is 26.9. The van der Waals surface area contributed by atoms with E-state index in [0.29, 0.717) is 22.2 Å². The van der Waals surface area contributed by atoms with E-state index in [1.54, 1.807) is 18.2 Å². The highest BCUT2D eigenvalue weighted by Crippen LogP contribution is 2.30. The summed E-state index contributed by atoms with van der Waals surface area (Å²) in [4.78, 5) is 12.2. The third-order valence-corrected chi connectivity index (χ3v) is 5.53. The van der Waals surface area contributed by atoms with Gasteiger partial charge in [0.15, 0.2) is 5.11 Å². The topological polar surface area (TPSA) is 53.2 Å². The van der Waals surface area contributed by atoms with E-state index in [4.69, 9.17) is 70.2 Å². The third-order valence-electron chi connectivity index (χ3n) is 4.09. The smallest absolute Gasteiger partial charge is 0.228 e. The molecule has 1 unspecified atom stereocenters. The van der Waals surface area contributed by atoms with Crippen LogP contribution in [-0.2, 0) is 4.79 Å². The number of nitrogens with one attached hydrogen (secondary N) is 3. The van der Waals surface area contributed by atoms with Gasteiger partial charge in [0, 0.05) is 11.4 Å². The Hall–Kier alpha value is -0.170. The molecule has 10 heteroatoms. The highest BCUT2D eigenvalue weighted by atomic mass is 35.6. The molecule has 0 bridgehead atoms. The Morgan fingerprint density at radius 1 is 1.03 bits per heavy atom. The Bertz CT molecular complexity index is 670. The molecule has 1 amide bonds. The lowest BCUT2D eigenvalue weighted by Crippen LogP contribution is -2.56. The average Bonchev–Trinajstić information content (AvgIpc) is 2.62. The lowest BCUT2D eigenvalue weighted by Gasteiger charge is -2.28. The van der Waals surface area contributed by atoms with Crippen molar-refractivity contribution in [2.45, 2.75) is 68.2 Å². The van der Waals surface area contributed by atoms with Crippen LogP contribution in [0.1, 0.15) is 58.3 Å². The largest absolute Gasteiger partial charge is 0.339 e. The molecule has 164 valence electrons. The summed E-state index contributed by atoms with van der Waals surface area (Å²) in [6.07, 6.45) is 7.15. The van der Waals surface area contributed by atoms with E-state index in [1.165, 1.54) is 25.7 Å². The molecular formula is C19H26Cl5N3OS. The molecule has 0 aliphatic rings. The van der Waals surface area contributed by atoms with Crippen LogP contribution in [0.4, 0.5) is 5.69 Å². The van der Waals surface area contributed by atoms with Crippen molar-refractivity contribution in [2.24, 2.45) is 0 Å². The number of alkyl halides is 3. The van der Waals surface area contributed by atoms with E-state index in [9.17, 15) is 4.79 Å². The van der Waals surface area contributed by atoms with Crippen LogP contribution >= 0.6 is 70.2 Å². The number of anilines is 1. The summed E-state index contributed by atoms with van der Waals surface area (Å²) >= 11 is 35.3. The summed E-state index contributed by atoms with van der Waals surface area (Å²) < 4.78 is -1.81. The summed E-state index contributed by atoms with van der Waals surface area (Å²) in [5.41, 5.74) is 0.495. The summed E-state index contributed by atoms with van der Waals surface area (Å²) in [6, 6.07) is 4.90. The van der Waals surface area contributed by atoms with E-state index in [0.717, 1.165) is 19.3 Å². The second-order valence-electron chi connectivity index (χ2n) is 6.64. The van der Waals surface area contributed by atoms with Crippen molar-refractivity contribution < 1.29 is 4.79 Å². The minimum Gasteiger partial charge on any atom is -0.339 e. The van der Waals surface area contributed by atoms with Gasteiger partial charge in [-0.05, 0) is 36.8 Å². The monoisotopic (exact) mass is 519 g/mol. The molecule has 1 aromatic carbocycles. The van der Waals surface area contributed by atoms with Crippen molar-refractivity contribution >= 4 is 86.9 Å². The second-order valence-corrected chi connectivity index (χ2v) is 10.3. The molecule has 0 aliphatic carbocycles. The molecule has 1 atom stereocenters. The van der Waals surface area contributed by atoms with Gasteiger partial charge in [-0.2, -0.15) is 0 Å². The third kappa shape index (κ3) is 11.7. The van der Waals surface area contributed by atoms with Crippen LogP contribution in [0, 0.1) is 0 Å². The molecule has 0 saturated heterocycles. The number of rotatable bonds is 11. The molecule has 3 N–H and O–H groups in total. The predicted octanol–water partition coefficient (Wildman–Crippen LogP) is 7.23. The number of carbonyl (C=O) groups is 1. The standard InChI is InChI=1S/C19H26Cl5N3OS/c1-2-3-4-5-6-7-8-9-16(28)26-17(19(22,23)24)27-18(29)25-15-12-13(20)10-11-14(15)21/h10-12,17H,2-9H2,1H3,(H,26,28)(H2,25,27,29). The molecule has 0 saturated carbocycles. The SMILES string of the molecule is CCCCCCCCCC(=O)NC(NC(=S)Nc1cc(Cl)ccc1Cl)C(Cl)(Cl)Cl. The van der Waals surface area contributed by atoms with Crippen LogP contribution in [0.2, 0.25) is 10.0 Å². The van der Waals surface area contributed by atoms with Gasteiger partial charge in [0.25, 0.3) is 0 Å². The molecule has 0 heterocycles. The van der Waals surface area contributed by atoms with Crippen LogP contribution in [0.3, 0.4) is 0 Å². The van der Waals surface area contributed by atoms with Gasteiger partial charge in [0.2, 0.25) is 9.70 Å². The lowest BCUT2D eigenvalue weighted by atomic mass is 10.1. The van der Waals surface area contributed by atoms with E-state index >= 15 is 0 Å². The fourth-order valence-electron chi connectivity index (χ4n) is 2.56.